The number of anilines is 2. The van der Waals surface area contributed by atoms with Crippen molar-refractivity contribution in [3.63, 3.8) is 0 Å². The Bertz CT molecular complexity index is 1850. The predicted octanol–water partition coefficient (Wildman–Crippen LogP) is 7.61. The minimum atomic E-state index is -0.338. The summed E-state index contributed by atoms with van der Waals surface area (Å²) in [6.45, 7) is 1.87. The first-order valence-electron chi connectivity index (χ1n) is 13.5. The van der Waals surface area contributed by atoms with Gasteiger partial charge in [-0.2, -0.15) is 0 Å². The van der Waals surface area contributed by atoms with Crippen LogP contribution in [-0.4, -0.2) is 32.8 Å². The summed E-state index contributed by atoms with van der Waals surface area (Å²) in [5.74, 6) is 0.0652. The molecule has 2 aromatic heterocycles. The number of hydrogen-bond acceptors (Lipinski definition) is 9. The van der Waals surface area contributed by atoms with Crippen molar-refractivity contribution in [2.24, 2.45) is 0 Å². The quantitative estimate of drug-likeness (QED) is 0.104. The fourth-order valence-electron chi connectivity index (χ4n) is 4.44. The van der Waals surface area contributed by atoms with Gasteiger partial charge in [0, 0.05) is 11.4 Å². The molecule has 1 atom stereocenters. The van der Waals surface area contributed by atoms with Gasteiger partial charge in [0.25, 0.3) is 0 Å². The Balaban J connectivity index is 1.06. The molecule has 7 nitrogen and oxygen atoms in total. The van der Waals surface area contributed by atoms with Gasteiger partial charge in [0.15, 0.2) is 8.68 Å². The molecule has 4 N–H and O–H groups in total. The van der Waals surface area contributed by atoms with Crippen LogP contribution in [-0.2, 0) is 9.59 Å². The second-order valence-electron chi connectivity index (χ2n) is 9.73. The fraction of sp³-hybridized carbons (Fsp3) is 0.125. The number of hydrogen-bond donors (Lipinski definition) is 3. The van der Waals surface area contributed by atoms with E-state index in [2.05, 4.69) is 20.6 Å². The molecular weight excluding hydrogens is 615 g/mol. The summed E-state index contributed by atoms with van der Waals surface area (Å²) in [4.78, 5) is 35.3. The normalized spacial score (nSPS) is 12.0. The molecule has 4 aromatic carbocycles. The molecule has 0 saturated carbocycles. The van der Waals surface area contributed by atoms with Gasteiger partial charge in [0.05, 0.1) is 37.5 Å². The third-order valence-corrected chi connectivity index (χ3v) is 10.9. The molecule has 2 heterocycles. The summed E-state index contributed by atoms with van der Waals surface area (Å²) in [6.07, 6.45) is 0. The summed E-state index contributed by atoms with van der Waals surface area (Å²) >= 11 is 5.86. The van der Waals surface area contributed by atoms with E-state index in [1.165, 1.54) is 46.2 Å². The molecular formula is C32H27N5O2S4. The van der Waals surface area contributed by atoms with Gasteiger partial charge in [0.2, 0.25) is 11.8 Å². The molecule has 11 heteroatoms. The molecule has 6 aromatic rings. The van der Waals surface area contributed by atoms with Crippen LogP contribution in [0.1, 0.15) is 24.1 Å². The standard InChI is InChI=1S/C32H27N5O2S4/c1-19(41-32-36-24-14-12-22(33)16-26(24)43-32)30(39)34-23-13-15-25-27(17-23)42-31(35-25)40-18-28(38)37-29(20-8-4-2-5-9-20)21-10-6-3-7-11-21/h2-17,19,29H,18,33H2,1H3,(H,34,39)(H,37,38)/t19-/m0/s1. The number of nitrogens with zero attached hydrogens (tertiary/aromatic N) is 2. The van der Waals surface area contributed by atoms with E-state index >= 15 is 0 Å². The van der Waals surface area contributed by atoms with E-state index < -0.39 is 0 Å². The van der Waals surface area contributed by atoms with Gasteiger partial charge in [-0.25, -0.2) is 9.97 Å². The number of rotatable bonds is 10. The van der Waals surface area contributed by atoms with Gasteiger partial charge < -0.3 is 16.4 Å². The summed E-state index contributed by atoms with van der Waals surface area (Å²) in [7, 11) is 0. The van der Waals surface area contributed by atoms with Crippen molar-refractivity contribution in [1.29, 1.82) is 0 Å². The number of amides is 2. The fourth-order valence-corrected chi connectivity index (χ4v) is 8.62. The molecule has 43 heavy (non-hydrogen) atoms. The number of benzene rings is 4. The van der Waals surface area contributed by atoms with Crippen molar-refractivity contribution in [2.45, 2.75) is 26.9 Å². The Morgan fingerprint density at radius 1 is 0.814 bits per heavy atom. The summed E-state index contributed by atoms with van der Waals surface area (Å²) in [5, 5.41) is 5.86. The highest BCUT2D eigenvalue weighted by atomic mass is 32.2. The molecule has 0 fully saturated rings. The smallest absolute Gasteiger partial charge is 0.237 e. The predicted molar refractivity (Wildman–Crippen MR) is 181 cm³/mol. The maximum absolute atomic E-state index is 13.0. The van der Waals surface area contributed by atoms with Crippen molar-refractivity contribution < 1.29 is 9.59 Å². The van der Waals surface area contributed by atoms with Crippen molar-refractivity contribution >= 4 is 89.8 Å². The third-order valence-electron chi connectivity index (χ3n) is 6.57. The molecule has 0 bridgehead atoms. The molecule has 0 aliphatic carbocycles. The molecule has 0 aliphatic rings. The van der Waals surface area contributed by atoms with E-state index in [9.17, 15) is 9.59 Å². The van der Waals surface area contributed by atoms with Crippen molar-refractivity contribution in [3.8, 4) is 0 Å². The average molecular weight is 642 g/mol. The number of carbonyl (C=O) groups is 2. The molecule has 216 valence electrons. The van der Waals surface area contributed by atoms with Gasteiger partial charge in [-0.1, -0.05) is 84.2 Å². The maximum Gasteiger partial charge on any atom is 0.237 e. The topological polar surface area (TPSA) is 110 Å². The number of carbonyl (C=O) groups excluding carboxylic acids is 2. The zero-order chi connectivity index (χ0) is 29.8. The highest BCUT2D eigenvalue weighted by Crippen LogP contribution is 2.34. The first kappa shape index (κ1) is 29.2. The van der Waals surface area contributed by atoms with Gasteiger partial charge in [0.1, 0.15) is 0 Å². The van der Waals surface area contributed by atoms with Crippen LogP contribution in [0, 0.1) is 0 Å². The Kier molecular flexibility index (Phi) is 8.94. The number of nitrogens with one attached hydrogen (secondary N) is 2. The summed E-state index contributed by atoms with van der Waals surface area (Å²) < 4.78 is 3.57. The lowest BCUT2D eigenvalue weighted by Crippen LogP contribution is -2.30. The first-order chi connectivity index (χ1) is 20.9. The van der Waals surface area contributed by atoms with Gasteiger partial charge >= 0.3 is 0 Å². The van der Waals surface area contributed by atoms with E-state index in [1.54, 1.807) is 0 Å². The highest BCUT2D eigenvalue weighted by molar-refractivity contribution is 8.02. The number of thiazole rings is 2. The lowest BCUT2D eigenvalue weighted by atomic mass is 9.99. The number of nitrogen functional groups attached to an aromatic ring is 1. The molecule has 6 rings (SSSR count). The maximum atomic E-state index is 13.0. The van der Waals surface area contributed by atoms with Gasteiger partial charge in [-0.3, -0.25) is 9.59 Å². The molecule has 0 saturated heterocycles. The number of nitrogens with two attached hydrogens (primary N) is 1. The Hall–Kier alpha value is -3.90. The van der Waals surface area contributed by atoms with Crippen LogP contribution >= 0.6 is 46.2 Å². The second-order valence-corrected chi connectivity index (χ2v) is 14.6. The van der Waals surface area contributed by atoms with Crippen LogP contribution < -0.4 is 16.4 Å². The SMILES string of the molecule is C[C@H](Sc1nc2ccc(N)cc2s1)C(=O)Nc1ccc2nc(SCC(=O)NC(c3ccccc3)c3ccccc3)sc2c1. The van der Waals surface area contributed by atoms with Crippen molar-refractivity contribution in [3.05, 3.63) is 108 Å². The summed E-state index contributed by atoms with van der Waals surface area (Å²) in [5.41, 5.74) is 11.0. The average Bonchev–Trinajstić information content (AvgIpc) is 3.62. The Labute approximate surface area is 265 Å². The lowest BCUT2D eigenvalue weighted by Gasteiger charge is -2.19. The lowest BCUT2D eigenvalue weighted by molar-refractivity contribution is -0.119. The van der Waals surface area contributed by atoms with Crippen molar-refractivity contribution in [1.82, 2.24) is 15.3 Å². The Morgan fingerprint density at radius 2 is 1.42 bits per heavy atom. The largest absolute Gasteiger partial charge is 0.399 e. The summed E-state index contributed by atoms with van der Waals surface area (Å²) in [6, 6.07) is 31.0. The van der Waals surface area contributed by atoms with Crippen LogP contribution in [0.3, 0.4) is 0 Å². The highest BCUT2D eigenvalue weighted by Gasteiger charge is 2.19. The van der Waals surface area contributed by atoms with Crippen LogP contribution in [0.15, 0.2) is 106 Å². The van der Waals surface area contributed by atoms with E-state index in [-0.39, 0.29) is 28.9 Å². The minimum Gasteiger partial charge on any atom is -0.399 e. The van der Waals surface area contributed by atoms with Crippen LogP contribution in [0.5, 0.6) is 0 Å². The Morgan fingerprint density at radius 3 is 2.12 bits per heavy atom. The van der Waals surface area contributed by atoms with Gasteiger partial charge in [-0.05, 0) is 54.4 Å². The van der Waals surface area contributed by atoms with Crippen LogP contribution in [0.25, 0.3) is 20.4 Å². The molecule has 0 aliphatic heterocycles. The van der Waals surface area contributed by atoms with E-state index in [1.807, 2.05) is 104 Å². The van der Waals surface area contributed by atoms with E-state index in [4.69, 9.17) is 5.73 Å². The monoisotopic (exact) mass is 641 g/mol. The van der Waals surface area contributed by atoms with E-state index in [0.717, 1.165) is 40.2 Å². The minimum absolute atomic E-state index is 0.0713. The van der Waals surface area contributed by atoms with Gasteiger partial charge in [-0.15, -0.1) is 22.7 Å². The van der Waals surface area contributed by atoms with Crippen molar-refractivity contribution in [2.75, 3.05) is 16.8 Å². The van der Waals surface area contributed by atoms with Crippen LogP contribution in [0.4, 0.5) is 11.4 Å². The zero-order valence-electron chi connectivity index (χ0n) is 23.0. The first-order valence-corrected chi connectivity index (χ1v) is 17.0. The third kappa shape index (κ3) is 7.19. The van der Waals surface area contributed by atoms with E-state index in [0.29, 0.717) is 11.4 Å². The molecule has 2 amide bonds. The zero-order valence-corrected chi connectivity index (χ0v) is 26.3. The number of aromatic nitrogens is 2. The molecule has 0 spiro atoms. The van der Waals surface area contributed by atoms with Crippen LogP contribution in [0.2, 0.25) is 0 Å². The number of thioether (sulfide) groups is 2. The molecule has 0 unspecified atom stereocenters. The number of fused-ring (bicyclic) bond motifs is 2. The second kappa shape index (κ2) is 13.2. The molecule has 0 radical (unpaired) electrons.